The number of rotatable bonds is 7. The second kappa shape index (κ2) is 6.41. The van der Waals surface area contributed by atoms with E-state index in [0.29, 0.717) is 11.5 Å². The van der Waals surface area contributed by atoms with Crippen LogP contribution in [0, 0.1) is 5.41 Å². The molecule has 0 aliphatic heterocycles. The summed E-state index contributed by atoms with van der Waals surface area (Å²) in [6, 6.07) is 0.581. The predicted molar refractivity (Wildman–Crippen MR) is 64.7 cm³/mol. The second-order valence-corrected chi connectivity index (χ2v) is 4.90. The topological polar surface area (TPSA) is 15.3 Å². The first kappa shape index (κ1) is 13.9. The summed E-state index contributed by atoms with van der Waals surface area (Å²) in [5.41, 5.74) is 0.488. The Labute approximate surface area is 90.1 Å². The number of hydrogen-bond donors (Lipinski definition) is 1. The summed E-state index contributed by atoms with van der Waals surface area (Å²) in [7, 11) is 4.24. The number of nitrogens with one attached hydrogen (secondary N) is 1. The van der Waals surface area contributed by atoms with Crippen LogP contribution in [0.4, 0.5) is 0 Å². The minimum Gasteiger partial charge on any atom is -0.316 e. The maximum Gasteiger partial charge on any atom is 0.0163 e. The highest BCUT2D eigenvalue weighted by atomic mass is 15.1. The zero-order valence-electron chi connectivity index (χ0n) is 10.9. The Morgan fingerprint density at radius 2 is 1.79 bits per heavy atom. The normalized spacial score (nSPS) is 14.8. The van der Waals surface area contributed by atoms with Gasteiger partial charge in [0.15, 0.2) is 0 Å². The molecule has 1 N–H and O–H groups in total. The van der Waals surface area contributed by atoms with Crippen LogP contribution in [0.2, 0.25) is 0 Å². The van der Waals surface area contributed by atoms with Crippen LogP contribution in [0.1, 0.15) is 40.5 Å². The van der Waals surface area contributed by atoms with E-state index < -0.39 is 0 Å². The lowest BCUT2D eigenvalue weighted by atomic mass is 9.84. The summed E-state index contributed by atoms with van der Waals surface area (Å²) in [5, 5.41) is 3.28. The van der Waals surface area contributed by atoms with Crippen LogP contribution >= 0.6 is 0 Å². The van der Waals surface area contributed by atoms with E-state index in [1.54, 1.807) is 0 Å². The molecule has 0 spiro atoms. The molecule has 1 atom stereocenters. The van der Waals surface area contributed by atoms with Gasteiger partial charge in [-0.1, -0.05) is 20.8 Å². The third-order valence-corrected chi connectivity index (χ3v) is 3.44. The first-order chi connectivity index (χ1) is 6.47. The van der Waals surface area contributed by atoms with Crippen molar-refractivity contribution in [3.63, 3.8) is 0 Å². The third kappa shape index (κ3) is 4.97. The summed E-state index contributed by atoms with van der Waals surface area (Å²) in [4.78, 5) is 2.44. The van der Waals surface area contributed by atoms with E-state index in [1.165, 1.54) is 19.4 Å². The molecule has 2 nitrogen and oxygen atoms in total. The van der Waals surface area contributed by atoms with Gasteiger partial charge in [0.2, 0.25) is 0 Å². The van der Waals surface area contributed by atoms with Crippen LogP contribution in [0.3, 0.4) is 0 Å². The molecule has 0 rings (SSSR count). The highest BCUT2D eigenvalue weighted by molar-refractivity contribution is 4.76. The highest BCUT2D eigenvalue weighted by Crippen LogP contribution is 2.25. The van der Waals surface area contributed by atoms with Crippen LogP contribution in [-0.4, -0.2) is 38.1 Å². The number of nitrogens with zero attached hydrogens (tertiary/aromatic N) is 1. The maximum absolute atomic E-state index is 3.28. The van der Waals surface area contributed by atoms with Gasteiger partial charge in [-0.3, -0.25) is 0 Å². The standard InChI is InChI=1S/C12H28N2/c1-7-12(4,8-2)10-14(6)9-11(3)13-5/h11,13H,7-10H2,1-6H3. The van der Waals surface area contributed by atoms with Crippen molar-refractivity contribution in [3.8, 4) is 0 Å². The molecular formula is C12H28N2. The largest absolute Gasteiger partial charge is 0.316 e. The van der Waals surface area contributed by atoms with Crippen molar-refractivity contribution in [3.05, 3.63) is 0 Å². The molecule has 0 aliphatic rings. The molecule has 0 saturated carbocycles. The first-order valence-electron chi connectivity index (χ1n) is 5.83. The molecule has 0 aromatic carbocycles. The minimum absolute atomic E-state index is 0.488. The summed E-state index contributed by atoms with van der Waals surface area (Å²) in [5.74, 6) is 0. The molecule has 1 unspecified atom stereocenters. The Kier molecular flexibility index (Phi) is 6.38. The summed E-state index contributed by atoms with van der Waals surface area (Å²) < 4.78 is 0. The van der Waals surface area contributed by atoms with Gasteiger partial charge in [0.25, 0.3) is 0 Å². The van der Waals surface area contributed by atoms with Crippen molar-refractivity contribution in [2.45, 2.75) is 46.6 Å². The van der Waals surface area contributed by atoms with E-state index in [1.807, 2.05) is 7.05 Å². The van der Waals surface area contributed by atoms with E-state index in [-0.39, 0.29) is 0 Å². The molecule has 0 aromatic heterocycles. The molecule has 0 fully saturated rings. The van der Waals surface area contributed by atoms with Gasteiger partial charge in [-0.25, -0.2) is 0 Å². The van der Waals surface area contributed by atoms with Gasteiger partial charge in [-0.2, -0.15) is 0 Å². The van der Waals surface area contributed by atoms with Crippen molar-refractivity contribution in [2.24, 2.45) is 5.41 Å². The Hall–Kier alpha value is -0.0800. The Balaban J connectivity index is 3.96. The molecule has 0 bridgehead atoms. The van der Waals surface area contributed by atoms with Gasteiger partial charge >= 0.3 is 0 Å². The van der Waals surface area contributed by atoms with Crippen molar-refractivity contribution >= 4 is 0 Å². The maximum atomic E-state index is 3.28. The Bertz CT molecular complexity index is 141. The van der Waals surface area contributed by atoms with Gasteiger partial charge in [-0.05, 0) is 39.3 Å². The summed E-state index contributed by atoms with van der Waals surface area (Å²) in [6.07, 6.45) is 2.53. The van der Waals surface area contributed by atoms with Crippen LogP contribution in [0.5, 0.6) is 0 Å². The van der Waals surface area contributed by atoms with E-state index in [0.717, 1.165) is 6.54 Å². The summed E-state index contributed by atoms with van der Waals surface area (Å²) >= 11 is 0. The average Bonchev–Trinajstić information content (AvgIpc) is 2.17. The molecule has 0 saturated heterocycles. The van der Waals surface area contributed by atoms with Gasteiger partial charge in [-0.15, -0.1) is 0 Å². The Morgan fingerprint density at radius 1 is 1.29 bits per heavy atom. The molecule has 0 radical (unpaired) electrons. The molecule has 2 heteroatoms. The molecule has 86 valence electrons. The van der Waals surface area contributed by atoms with Gasteiger partial charge in [0.05, 0.1) is 0 Å². The number of likely N-dealkylation sites (N-methyl/N-ethyl adjacent to an activating group) is 2. The van der Waals surface area contributed by atoms with E-state index in [2.05, 4.69) is 45.0 Å². The van der Waals surface area contributed by atoms with Crippen LogP contribution in [-0.2, 0) is 0 Å². The first-order valence-corrected chi connectivity index (χ1v) is 5.83. The third-order valence-electron chi connectivity index (χ3n) is 3.44. The lowest BCUT2D eigenvalue weighted by Gasteiger charge is -2.33. The van der Waals surface area contributed by atoms with Crippen LogP contribution < -0.4 is 5.32 Å². The van der Waals surface area contributed by atoms with Crippen molar-refractivity contribution in [1.29, 1.82) is 0 Å². The molecule has 0 aromatic rings. The van der Waals surface area contributed by atoms with Crippen LogP contribution in [0.25, 0.3) is 0 Å². The monoisotopic (exact) mass is 200 g/mol. The SMILES string of the molecule is CCC(C)(CC)CN(C)CC(C)NC. The van der Waals surface area contributed by atoms with Crippen molar-refractivity contribution < 1.29 is 0 Å². The van der Waals surface area contributed by atoms with Crippen molar-refractivity contribution in [1.82, 2.24) is 10.2 Å². The fraction of sp³-hybridized carbons (Fsp3) is 1.00. The molecule has 14 heavy (non-hydrogen) atoms. The van der Waals surface area contributed by atoms with E-state index in [9.17, 15) is 0 Å². The molecule has 0 heterocycles. The zero-order chi connectivity index (χ0) is 11.2. The van der Waals surface area contributed by atoms with Crippen molar-refractivity contribution in [2.75, 3.05) is 27.2 Å². The van der Waals surface area contributed by atoms with Gasteiger partial charge in [0.1, 0.15) is 0 Å². The predicted octanol–water partition coefficient (Wildman–Crippen LogP) is 2.35. The fourth-order valence-electron chi connectivity index (χ4n) is 1.75. The molecule has 0 aliphatic carbocycles. The lowest BCUT2D eigenvalue weighted by molar-refractivity contribution is 0.171. The Morgan fingerprint density at radius 3 is 2.14 bits per heavy atom. The smallest absolute Gasteiger partial charge is 0.0163 e. The zero-order valence-corrected chi connectivity index (χ0v) is 10.9. The summed E-state index contributed by atoms with van der Waals surface area (Å²) in [6.45, 7) is 11.5. The lowest BCUT2D eigenvalue weighted by Crippen LogP contribution is -2.40. The molecule has 0 amide bonds. The quantitative estimate of drug-likeness (QED) is 0.678. The van der Waals surface area contributed by atoms with Crippen LogP contribution in [0.15, 0.2) is 0 Å². The van der Waals surface area contributed by atoms with Gasteiger partial charge in [0, 0.05) is 19.1 Å². The van der Waals surface area contributed by atoms with E-state index in [4.69, 9.17) is 0 Å². The van der Waals surface area contributed by atoms with E-state index >= 15 is 0 Å². The highest BCUT2D eigenvalue weighted by Gasteiger charge is 2.21. The average molecular weight is 200 g/mol. The second-order valence-electron chi connectivity index (χ2n) is 4.90. The minimum atomic E-state index is 0.488. The number of hydrogen-bond acceptors (Lipinski definition) is 2. The van der Waals surface area contributed by atoms with Gasteiger partial charge < -0.3 is 10.2 Å². The fourth-order valence-corrected chi connectivity index (χ4v) is 1.75. The molecular weight excluding hydrogens is 172 g/mol.